The predicted molar refractivity (Wildman–Crippen MR) is 102 cm³/mol. The van der Waals surface area contributed by atoms with Gasteiger partial charge in [-0.15, -0.1) is 0 Å². The molecule has 0 aliphatic heterocycles. The normalized spacial score (nSPS) is 10.4. The fourth-order valence-electron chi connectivity index (χ4n) is 2.50. The zero-order valence-electron chi connectivity index (χ0n) is 14.8. The van der Waals surface area contributed by atoms with Crippen LogP contribution in [0, 0.1) is 6.42 Å². The number of carbonyl (C=O) groups is 1. The van der Waals surface area contributed by atoms with Gasteiger partial charge in [0.1, 0.15) is 5.75 Å². The van der Waals surface area contributed by atoms with Gasteiger partial charge in [0.25, 0.3) is 0 Å². The smallest absolute Gasteiger partial charge is 0.314 e. The Bertz CT molecular complexity index is 714. The molecule has 0 N–H and O–H groups in total. The number of benzene rings is 2. The number of esters is 1. The van der Waals surface area contributed by atoms with Crippen molar-refractivity contribution in [2.45, 2.75) is 20.8 Å². The van der Waals surface area contributed by atoms with E-state index in [1.54, 1.807) is 19.1 Å². The summed E-state index contributed by atoms with van der Waals surface area (Å²) in [5.74, 6) is 1.03. The fraction of sp³-hybridized carbons (Fsp3) is 0.300. The van der Waals surface area contributed by atoms with E-state index in [1.807, 2.05) is 30.3 Å². The minimum atomic E-state index is -0.350. The lowest BCUT2D eigenvalue weighted by Gasteiger charge is -2.24. The van der Waals surface area contributed by atoms with Gasteiger partial charge in [0.2, 0.25) is 0 Å². The number of anilines is 1. The SMILES string of the molecule is CCOC(=O)[CH]c1ccc(Oc2cccc(Cl)c2)c(N(CC)CC)c1. The van der Waals surface area contributed by atoms with E-state index >= 15 is 0 Å². The maximum atomic E-state index is 11.7. The number of hydrogen-bond acceptors (Lipinski definition) is 4. The Morgan fingerprint density at radius 1 is 1.12 bits per heavy atom. The zero-order chi connectivity index (χ0) is 18.2. The van der Waals surface area contributed by atoms with Crippen LogP contribution in [0.5, 0.6) is 11.5 Å². The molecule has 0 atom stereocenters. The van der Waals surface area contributed by atoms with E-state index in [0.717, 1.165) is 24.3 Å². The summed E-state index contributed by atoms with van der Waals surface area (Å²) in [5.41, 5.74) is 1.70. The van der Waals surface area contributed by atoms with E-state index < -0.39 is 0 Å². The summed E-state index contributed by atoms with van der Waals surface area (Å²) in [6.45, 7) is 7.95. The van der Waals surface area contributed by atoms with Crippen molar-refractivity contribution >= 4 is 23.3 Å². The zero-order valence-corrected chi connectivity index (χ0v) is 15.5. The third-order valence-corrected chi connectivity index (χ3v) is 3.92. The molecule has 2 rings (SSSR count). The van der Waals surface area contributed by atoms with Gasteiger partial charge >= 0.3 is 5.97 Å². The second-order valence-corrected chi connectivity index (χ2v) is 5.79. The highest BCUT2D eigenvalue weighted by Crippen LogP contribution is 2.34. The first kappa shape index (κ1) is 19.1. The van der Waals surface area contributed by atoms with Gasteiger partial charge in [-0.05, 0) is 56.7 Å². The topological polar surface area (TPSA) is 38.8 Å². The van der Waals surface area contributed by atoms with E-state index in [4.69, 9.17) is 21.1 Å². The third-order valence-electron chi connectivity index (χ3n) is 3.68. The number of hydrogen-bond donors (Lipinski definition) is 0. The van der Waals surface area contributed by atoms with Crippen molar-refractivity contribution in [3.05, 3.63) is 59.5 Å². The first-order chi connectivity index (χ1) is 12.1. The van der Waals surface area contributed by atoms with Crippen LogP contribution in [0.4, 0.5) is 5.69 Å². The molecular weight excluding hydrogens is 338 g/mol. The standard InChI is InChI=1S/C20H23ClNO3/c1-4-22(5-2)18-12-15(13-20(23)24-6-3)10-11-19(18)25-17-9-7-8-16(21)14-17/h7-14H,4-6H2,1-3H3. The molecule has 0 saturated heterocycles. The molecule has 5 heteroatoms. The summed E-state index contributed by atoms with van der Waals surface area (Å²) in [4.78, 5) is 13.9. The molecule has 0 aliphatic carbocycles. The van der Waals surface area contributed by atoms with Gasteiger partial charge in [0, 0.05) is 18.1 Å². The maximum Gasteiger partial charge on any atom is 0.314 e. The van der Waals surface area contributed by atoms with Crippen molar-refractivity contribution in [1.29, 1.82) is 0 Å². The first-order valence-electron chi connectivity index (χ1n) is 8.41. The highest BCUT2D eigenvalue weighted by atomic mass is 35.5. The lowest BCUT2D eigenvalue weighted by atomic mass is 10.1. The number of rotatable bonds is 8. The number of carbonyl (C=O) groups excluding carboxylic acids is 1. The summed E-state index contributed by atoms with van der Waals surface area (Å²) in [5, 5.41) is 0.620. The van der Waals surface area contributed by atoms with Gasteiger partial charge in [-0.2, -0.15) is 0 Å². The largest absolute Gasteiger partial charge is 0.465 e. The minimum absolute atomic E-state index is 0.350. The van der Waals surface area contributed by atoms with Crippen LogP contribution in [-0.4, -0.2) is 25.7 Å². The highest BCUT2D eigenvalue weighted by Gasteiger charge is 2.14. The minimum Gasteiger partial charge on any atom is -0.465 e. The first-order valence-corrected chi connectivity index (χ1v) is 8.79. The molecule has 0 unspecified atom stereocenters. The monoisotopic (exact) mass is 360 g/mol. The number of ether oxygens (including phenoxy) is 2. The lowest BCUT2D eigenvalue weighted by molar-refractivity contribution is -0.138. The third kappa shape index (κ3) is 5.40. The molecule has 0 amide bonds. The molecule has 25 heavy (non-hydrogen) atoms. The summed E-state index contributed by atoms with van der Waals surface area (Å²) in [7, 11) is 0. The molecule has 0 aliphatic rings. The van der Waals surface area contributed by atoms with Crippen molar-refractivity contribution in [3.63, 3.8) is 0 Å². The molecule has 0 aromatic heterocycles. The highest BCUT2D eigenvalue weighted by molar-refractivity contribution is 6.30. The van der Waals surface area contributed by atoms with Gasteiger partial charge < -0.3 is 14.4 Å². The van der Waals surface area contributed by atoms with E-state index in [1.165, 1.54) is 6.42 Å². The Kier molecular flexibility index (Phi) is 7.14. The Balaban J connectivity index is 2.32. The van der Waals surface area contributed by atoms with Crippen LogP contribution in [0.25, 0.3) is 0 Å². The number of nitrogens with zero attached hydrogens (tertiary/aromatic N) is 1. The molecule has 133 valence electrons. The average molecular weight is 361 g/mol. The quantitative estimate of drug-likeness (QED) is 0.614. The molecule has 0 saturated carbocycles. The van der Waals surface area contributed by atoms with Crippen molar-refractivity contribution in [2.24, 2.45) is 0 Å². The van der Waals surface area contributed by atoms with E-state index in [-0.39, 0.29) is 5.97 Å². The van der Waals surface area contributed by atoms with Gasteiger partial charge in [-0.1, -0.05) is 23.7 Å². The van der Waals surface area contributed by atoms with Crippen LogP contribution in [0.1, 0.15) is 26.3 Å². The van der Waals surface area contributed by atoms with E-state index in [2.05, 4.69) is 18.7 Å². The molecule has 2 aromatic rings. The molecule has 0 heterocycles. The van der Waals surface area contributed by atoms with Crippen LogP contribution in [0.3, 0.4) is 0 Å². The summed E-state index contributed by atoms with van der Waals surface area (Å²) >= 11 is 6.03. The molecular formula is C20H23ClNO3. The molecule has 0 fully saturated rings. The Hall–Kier alpha value is -2.20. The van der Waals surface area contributed by atoms with E-state index in [0.29, 0.717) is 23.1 Å². The molecule has 2 aromatic carbocycles. The summed E-state index contributed by atoms with van der Waals surface area (Å²) < 4.78 is 11.0. The average Bonchev–Trinajstić information content (AvgIpc) is 2.58. The second-order valence-electron chi connectivity index (χ2n) is 5.36. The van der Waals surface area contributed by atoms with Crippen molar-refractivity contribution in [1.82, 2.24) is 0 Å². The predicted octanol–water partition coefficient (Wildman–Crippen LogP) is 5.09. The summed E-state index contributed by atoms with van der Waals surface area (Å²) in [6.07, 6.45) is 1.49. The van der Waals surface area contributed by atoms with Crippen LogP contribution >= 0.6 is 11.6 Å². The van der Waals surface area contributed by atoms with E-state index in [9.17, 15) is 4.79 Å². The molecule has 0 spiro atoms. The van der Waals surface area contributed by atoms with Gasteiger partial charge in [0.15, 0.2) is 5.75 Å². The maximum absolute atomic E-state index is 11.7. The Morgan fingerprint density at radius 2 is 1.88 bits per heavy atom. The summed E-state index contributed by atoms with van der Waals surface area (Å²) in [6, 6.07) is 12.9. The molecule has 0 bridgehead atoms. The van der Waals surface area contributed by atoms with Crippen LogP contribution < -0.4 is 9.64 Å². The van der Waals surface area contributed by atoms with Gasteiger partial charge in [-0.3, -0.25) is 4.79 Å². The number of halogens is 1. The Morgan fingerprint density at radius 3 is 2.52 bits per heavy atom. The van der Waals surface area contributed by atoms with Crippen molar-refractivity contribution in [3.8, 4) is 11.5 Å². The van der Waals surface area contributed by atoms with Gasteiger partial charge in [0.05, 0.1) is 18.7 Å². The van der Waals surface area contributed by atoms with Crippen LogP contribution in [-0.2, 0) is 9.53 Å². The second kappa shape index (κ2) is 9.33. The Labute approximate surface area is 154 Å². The lowest BCUT2D eigenvalue weighted by Crippen LogP contribution is -2.22. The van der Waals surface area contributed by atoms with Crippen molar-refractivity contribution in [2.75, 3.05) is 24.6 Å². The van der Waals surface area contributed by atoms with Crippen LogP contribution in [0.2, 0.25) is 5.02 Å². The van der Waals surface area contributed by atoms with Crippen LogP contribution in [0.15, 0.2) is 42.5 Å². The van der Waals surface area contributed by atoms with Crippen molar-refractivity contribution < 1.29 is 14.3 Å². The molecule has 4 nitrogen and oxygen atoms in total. The fourth-order valence-corrected chi connectivity index (χ4v) is 2.68. The van der Waals surface area contributed by atoms with Gasteiger partial charge in [-0.25, -0.2) is 0 Å². The molecule has 1 radical (unpaired) electrons.